The molecule has 0 aromatic heterocycles. The maximum absolute atomic E-state index is 12.1. The van der Waals surface area contributed by atoms with Gasteiger partial charge in [-0.3, -0.25) is 9.59 Å². The molecule has 0 radical (unpaired) electrons. The molecule has 0 saturated heterocycles. The molecule has 6 nitrogen and oxygen atoms in total. The SMILES string of the molecule is CCOC(=O)c1ccccc1NC(=O)CC(=O)Nc1cc(Cl)ccc1C. The van der Waals surface area contributed by atoms with Crippen molar-refractivity contribution in [2.45, 2.75) is 20.3 Å². The molecule has 2 N–H and O–H groups in total. The summed E-state index contributed by atoms with van der Waals surface area (Å²) in [7, 11) is 0. The lowest BCUT2D eigenvalue weighted by molar-refractivity contribution is -0.123. The average molecular weight is 375 g/mol. The number of carbonyl (C=O) groups is 3. The number of nitrogens with one attached hydrogen (secondary N) is 2. The third-order valence-electron chi connectivity index (χ3n) is 3.49. The Bertz CT molecular complexity index is 836. The van der Waals surface area contributed by atoms with Crippen LogP contribution in [0.3, 0.4) is 0 Å². The van der Waals surface area contributed by atoms with Crippen molar-refractivity contribution in [3.05, 3.63) is 58.6 Å². The van der Waals surface area contributed by atoms with Crippen molar-refractivity contribution >= 4 is 40.8 Å². The highest BCUT2D eigenvalue weighted by atomic mass is 35.5. The van der Waals surface area contributed by atoms with Crippen LogP contribution in [0.5, 0.6) is 0 Å². The Kier molecular flexibility index (Phi) is 6.74. The molecule has 0 aliphatic carbocycles. The zero-order valence-corrected chi connectivity index (χ0v) is 15.2. The number of amides is 2. The van der Waals surface area contributed by atoms with Crippen molar-refractivity contribution in [2.75, 3.05) is 17.2 Å². The molecule has 0 heterocycles. The average Bonchev–Trinajstić information content (AvgIpc) is 2.58. The van der Waals surface area contributed by atoms with E-state index in [1.54, 1.807) is 49.4 Å². The second-order valence-electron chi connectivity index (χ2n) is 5.50. The molecule has 136 valence electrons. The Morgan fingerprint density at radius 3 is 2.35 bits per heavy atom. The Morgan fingerprint density at radius 2 is 1.65 bits per heavy atom. The summed E-state index contributed by atoms with van der Waals surface area (Å²) in [5.74, 6) is -1.57. The summed E-state index contributed by atoms with van der Waals surface area (Å²) >= 11 is 5.91. The van der Waals surface area contributed by atoms with E-state index in [-0.39, 0.29) is 12.2 Å². The number of hydrogen-bond acceptors (Lipinski definition) is 4. The Hall–Kier alpha value is -2.86. The Balaban J connectivity index is 2.02. The lowest BCUT2D eigenvalue weighted by atomic mass is 10.1. The van der Waals surface area contributed by atoms with Crippen molar-refractivity contribution in [1.82, 2.24) is 0 Å². The van der Waals surface area contributed by atoms with Gasteiger partial charge < -0.3 is 15.4 Å². The first kappa shape index (κ1) is 19.5. The quantitative estimate of drug-likeness (QED) is 0.595. The Morgan fingerprint density at radius 1 is 1.00 bits per heavy atom. The van der Waals surface area contributed by atoms with E-state index in [0.29, 0.717) is 16.4 Å². The molecule has 0 aliphatic heterocycles. The van der Waals surface area contributed by atoms with Gasteiger partial charge in [-0.25, -0.2) is 4.79 Å². The maximum atomic E-state index is 12.1. The molecule has 2 aromatic rings. The van der Waals surface area contributed by atoms with Crippen LogP contribution in [0, 0.1) is 6.92 Å². The van der Waals surface area contributed by atoms with E-state index in [2.05, 4.69) is 10.6 Å². The minimum atomic E-state index is -0.543. The van der Waals surface area contributed by atoms with E-state index < -0.39 is 24.2 Å². The van der Waals surface area contributed by atoms with Crippen LogP contribution in [0.1, 0.15) is 29.3 Å². The molecule has 0 spiro atoms. The van der Waals surface area contributed by atoms with Gasteiger partial charge in [0.15, 0.2) is 0 Å². The van der Waals surface area contributed by atoms with Gasteiger partial charge in [-0.2, -0.15) is 0 Å². The standard InChI is InChI=1S/C19H19ClN2O4/c1-3-26-19(25)14-6-4-5-7-15(14)21-17(23)11-18(24)22-16-10-13(20)9-8-12(16)2/h4-10H,3,11H2,1-2H3,(H,21,23)(H,22,24). The maximum Gasteiger partial charge on any atom is 0.340 e. The molecule has 0 fully saturated rings. The van der Waals surface area contributed by atoms with Crippen LogP contribution in [-0.2, 0) is 14.3 Å². The summed E-state index contributed by atoms with van der Waals surface area (Å²) in [6.45, 7) is 3.74. The van der Waals surface area contributed by atoms with Gasteiger partial charge in [0.2, 0.25) is 11.8 Å². The molecule has 0 atom stereocenters. The number of benzene rings is 2. The number of esters is 1. The van der Waals surface area contributed by atoms with Crippen LogP contribution < -0.4 is 10.6 Å². The molecule has 0 unspecified atom stereocenters. The number of anilines is 2. The van der Waals surface area contributed by atoms with Crippen LogP contribution in [-0.4, -0.2) is 24.4 Å². The zero-order chi connectivity index (χ0) is 19.1. The lowest BCUT2D eigenvalue weighted by Gasteiger charge is -2.11. The van der Waals surface area contributed by atoms with Gasteiger partial charge >= 0.3 is 5.97 Å². The highest BCUT2D eigenvalue weighted by Crippen LogP contribution is 2.20. The molecule has 0 aliphatic rings. The number of ether oxygens (including phenoxy) is 1. The van der Waals surface area contributed by atoms with Gasteiger partial charge in [0, 0.05) is 10.7 Å². The van der Waals surface area contributed by atoms with E-state index in [0.717, 1.165) is 5.56 Å². The number of hydrogen-bond donors (Lipinski definition) is 2. The third kappa shape index (κ3) is 5.32. The fourth-order valence-electron chi connectivity index (χ4n) is 2.24. The number of halogens is 1. The monoisotopic (exact) mass is 374 g/mol. The van der Waals surface area contributed by atoms with Crippen molar-refractivity contribution in [3.63, 3.8) is 0 Å². The normalized spacial score (nSPS) is 10.1. The summed E-state index contributed by atoms with van der Waals surface area (Å²) < 4.78 is 4.95. The highest BCUT2D eigenvalue weighted by molar-refractivity contribution is 6.31. The minimum absolute atomic E-state index is 0.225. The molecule has 2 aromatic carbocycles. The number of carbonyl (C=O) groups excluding carboxylic acids is 3. The fourth-order valence-corrected chi connectivity index (χ4v) is 2.41. The van der Waals surface area contributed by atoms with E-state index in [1.165, 1.54) is 0 Å². The summed E-state index contributed by atoms with van der Waals surface area (Å²) in [6, 6.07) is 11.6. The topological polar surface area (TPSA) is 84.5 Å². The van der Waals surface area contributed by atoms with Gasteiger partial charge in [0.05, 0.1) is 17.9 Å². The van der Waals surface area contributed by atoms with E-state index in [1.807, 2.05) is 6.92 Å². The molecule has 2 rings (SSSR count). The third-order valence-corrected chi connectivity index (χ3v) is 3.73. The second kappa shape index (κ2) is 9.01. The molecular formula is C19H19ClN2O4. The first-order valence-electron chi connectivity index (χ1n) is 8.02. The van der Waals surface area contributed by atoms with E-state index >= 15 is 0 Å². The number of para-hydroxylation sites is 1. The molecule has 26 heavy (non-hydrogen) atoms. The predicted molar refractivity (Wildman–Crippen MR) is 100 cm³/mol. The largest absolute Gasteiger partial charge is 0.462 e. The molecule has 0 bridgehead atoms. The zero-order valence-electron chi connectivity index (χ0n) is 14.5. The fraction of sp³-hybridized carbons (Fsp3) is 0.211. The first-order valence-corrected chi connectivity index (χ1v) is 8.40. The molecule has 0 saturated carbocycles. The van der Waals surface area contributed by atoms with Gasteiger partial charge in [-0.15, -0.1) is 0 Å². The summed E-state index contributed by atoms with van der Waals surface area (Å²) in [5, 5.41) is 5.70. The van der Waals surface area contributed by atoms with Crippen LogP contribution in [0.15, 0.2) is 42.5 Å². The number of aryl methyl sites for hydroxylation is 1. The molecule has 7 heteroatoms. The van der Waals surface area contributed by atoms with Crippen molar-refractivity contribution in [1.29, 1.82) is 0 Å². The smallest absolute Gasteiger partial charge is 0.340 e. The van der Waals surface area contributed by atoms with Crippen molar-refractivity contribution < 1.29 is 19.1 Å². The van der Waals surface area contributed by atoms with E-state index in [9.17, 15) is 14.4 Å². The predicted octanol–water partition coefficient (Wildman–Crippen LogP) is 3.79. The molecule has 2 amide bonds. The van der Waals surface area contributed by atoms with Gasteiger partial charge in [0.1, 0.15) is 6.42 Å². The second-order valence-corrected chi connectivity index (χ2v) is 5.93. The van der Waals surface area contributed by atoms with Crippen LogP contribution in [0.4, 0.5) is 11.4 Å². The summed E-state index contributed by atoms with van der Waals surface area (Å²) in [4.78, 5) is 36.2. The Labute approximate surface area is 156 Å². The van der Waals surface area contributed by atoms with Gasteiger partial charge in [-0.05, 0) is 43.7 Å². The van der Waals surface area contributed by atoms with E-state index in [4.69, 9.17) is 16.3 Å². The summed E-state index contributed by atoms with van der Waals surface area (Å²) in [6.07, 6.45) is -0.400. The van der Waals surface area contributed by atoms with Gasteiger partial charge in [-0.1, -0.05) is 29.8 Å². The van der Waals surface area contributed by atoms with Crippen molar-refractivity contribution in [2.24, 2.45) is 0 Å². The summed E-state index contributed by atoms with van der Waals surface area (Å²) in [5.41, 5.74) is 1.90. The molecular weight excluding hydrogens is 356 g/mol. The lowest BCUT2D eigenvalue weighted by Crippen LogP contribution is -2.22. The van der Waals surface area contributed by atoms with Crippen LogP contribution >= 0.6 is 11.6 Å². The van der Waals surface area contributed by atoms with Crippen molar-refractivity contribution in [3.8, 4) is 0 Å². The van der Waals surface area contributed by atoms with Crippen LogP contribution in [0.2, 0.25) is 5.02 Å². The highest BCUT2D eigenvalue weighted by Gasteiger charge is 2.16. The minimum Gasteiger partial charge on any atom is -0.462 e. The van der Waals surface area contributed by atoms with Crippen LogP contribution in [0.25, 0.3) is 0 Å². The van der Waals surface area contributed by atoms with Gasteiger partial charge in [0.25, 0.3) is 0 Å². The number of rotatable bonds is 6. The first-order chi connectivity index (χ1) is 12.4.